The molecule has 2 aromatic carbocycles. The van der Waals surface area contributed by atoms with Crippen molar-refractivity contribution in [3.63, 3.8) is 0 Å². The summed E-state index contributed by atoms with van der Waals surface area (Å²) in [6.07, 6.45) is 1.43. The zero-order chi connectivity index (χ0) is 25.2. The Balaban J connectivity index is 1.58. The Hall–Kier alpha value is -3.99. The number of fused-ring (bicyclic) bond motifs is 1. The summed E-state index contributed by atoms with van der Waals surface area (Å²) in [5, 5.41) is 20.1. The topological polar surface area (TPSA) is 117 Å². The third-order valence-electron chi connectivity index (χ3n) is 6.28. The maximum Gasteiger partial charge on any atom is 0.273 e. The molecule has 2 amide bonds. The molecule has 1 aromatic heterocycles. The van der Waals surface area contributed by atoms with Crippen LogP contribution in [0.4, 0.5) is 0 Å². The van der Waals surface area contributed by atoms with Crippen LogP contribution in [0.25, 0.3) is 10.9 Å². The smallest absolute Gasteiger partial charge is 0.273 e. The Bertz CT molecular complexity index is 1310. The molecule has 1 aliphatic carbocycles. The van der Waals surface area contributed by atoms with E-state index in [4.69, 9.17) is 5.26 Å². The van der Waals surface area contributed by atoms with Crippen molar-refractivity contribution in [2.45, 2.75) is 58.7 Å². The molecule has 35 heavy (non-hydrogen) atoms. The lowest BCUT2D eigenvalue weighted by molar-refractivity contribution is -0.126. The molecule has 0 unspecified atom stereocenters. The summed E-state index contributed by atoms with van der Waals surface area (Å²) in [7, 11) is 0. The van der Waals surface area contributed by atoms with E-state index in [2.05, 4.69) is 21.8 Å². The van der Waals surface area contributed by atoms with Crippen LogP contribution in [-0.4, -0.2) is 39.5 Å². The fourth-order valence-corrected chi connectivity index (χ4v) is 4.37. The third-order valence-corrected chi connectivity index (χ3v) is 6.28. The number of nitrogens with one attached hydrogen (secondary N) is 2. The molecular formula is C27H29N5O3. The van der Waals surface area contributed by atoms with Gasteiger partial charge in [0.2, 0.25) is 5.91 Å². The van der Waals surface area contributed by atoms with Crippen LogP contribution >= 0.6 is 0 Å². The summed E-state index contributed by atoms with van der Waals surface area (Å²) < 4.78 is 1.75. The van der Waals surface area contributed by atoms with Crippen LogP contribution in [0, 0.1) is 16.7 Å². The van der Waals surface area contributed by atoms with Gasteiger partial charge in [-0.25, -0.2) is 0 Å². The standard InChI is InChI=1S/C27H29N5O3/c1-27(2,3)24(26(35)29-19-12-13-20(33)14-19)30-25(34)23-21-6-4-5-7-22(21)32(31-23)16-18-10-8-17(15-28)9-11-18/h4-11,19,24H,12-14,16H2,1-3H3,(H,29,35)(H,30,34)/t19-,24-/m1/s1. The van der Waals surface area contributed by atoms with Crippen LogP contribution in [0.2, 0.25) is 0 Å². The minimum Gasteiger partial charge on any atom is -0.351 e. The van der Waals surface area contributed by atoms with Gasteiger partial charge in [0, 0.05) is 24.3 Å². The second-order valence-corrected chi connectivity index (χ2v) is 10.1. The average Bonchev–Trinajstić information content (AvgIpc) is 3.40. The number of Topliss-reactive ketones (excluding diaryl/α,β-unsaturated/α-hetero) is 1. The summed E-state index contributed by atoms with van der Waals surface area (Å²) in [6.45, 7) is 6.09. The van der Waals surface area contributed by atoms with Gasteiger partial charge in [0.15, 0.2) is 5.69 Å². The number of carbonyl (C=O) groups is 3. The molecule has 2 atom stereocenters. The lowest BCUT2D eigenvalue weighted by atomic mass is 9.85. The first-order chi connectivity index (χ1) is 16.7. The van der Waals surface area contributed by atoms with Gasteiger partial charge in [-0.3, -0.25) is 19.1 Å². The summed E-state index contributed by atoms with van der Waals surface area (Å²) in [5.41, 5.74) is 2.01. The number of ketones is 1. The third kappa shape index (κ3) is 5.40. The second-order valence-electron chi connectivity index (χ2n) is 10.1. The van der Waals surface area contributed by atoms with Gasteiger partial charge in [0.05, 0.1) is 23.7 Å². The average molecular weight is 472 g/mol. The maximum atomic E-state index is 13.4. The molecule has 8 nitrogen and oxygen atoms in total. The molecule has 0 spiro atoms. The largest absolute Gasteiger partial charge is 0.351 e. The number of rotatable bonds is 6. The number of nitrogens with zero attached hydrogens (tertiary/aromatic N) is 3. The molecule has 1 aliphatic rings. The molecule has 0 saturated heterocycles. The van der Waals surface area contributed by atoms with Gasteiger partial charge in [-0.15, -0.1) is 0 Å². The van der Waals surface area contributed by atoms with Crippen molar-refractivity contribution in [3.05, 3.63) is 65.4 Å². The van der Waals surface area contributed by atoms with Gasteiger partial charge in [0.25, 0.3) is 5.91 Å². The van der Waals surface area contributed by atoms with Gasteiger partial charge in [-0.1, -0.05) is 51.1 Å². The minimum atomic E-state index is -0.798. The number of amides is 2. The van der Waals surface area contributed by atoms with E-state index in [9.17, 15) is 14.4 Å². The minimum absolute atomic E-state index is 0.144. The number of hydrogen-bond acceptors (Lipinski definition) is 5. The van der Waals surface area contributed by atoms with Crippen molar-refractivity contribution < 1.29 is 14.4 Å². The highest BCUT2D eigenvalue weighted by Crippen LogP contribution is 2.24. The van der Waals surface area contributed by atoms with Gasteiger partial charge in [-0.05, 0) is 35.6 Å². The lowest BCUT2D eigenvalue weighted by Gasteiger charge is -2.31. The number of aromatic nitrogens is 2. The normalized spacial score (nSPS) is 16.6. The molecule has 4 rings (SSSR count). The molecule has 0 radical (unpaired) electrons. The van der Waals surface area contributed by atoms with Crippen molar-refractivity contribution >= 4 is 28.5 Å². The van der Waals surface area contributed by atoms with Gasteiger partial charge in [0.1, 0.15) is 11.8 Å². The van der Waals surface area contributed by atoms with Crippen molar-refractivity contribution in [2.24, 2.45) is 5.41 Å². The highest BCUT2D eigenvalue weighted by atomic mass is 16.2. The lowest BCUT2D eigenvalue weighted by Crippen LogP contribution is -2.55. The van der Waals surface area contributed by atoms with Crippen LogP contribution in [0.15, 0.2) is 48.5 Å². The molecule has 8 heteroatoms. The Morgan fingerprint density at radius 2 is 1.89 bits per heavy atom. The Morgan fingerprint density at radius 1 is 1.17 bits per heavy atom. The Morgan fingerprint density at radius 3 is 2.51 bits per heavy atom. The summed E-state index contributed by atoms with van der Waals surface area (Å²) in [6, 6.07) is 15.8. The predicted octanol–water partition coefficient (Wildman–Crippen LogP) is 3.34. The van der Waals surface area contributed by atoms with Crippen LogP contribution in [0.1, 0.15) is 61.6 Å². The summed E-state index contributed by atoms with van der Waals surface area (Å²) >= 11 is 0. The van der Waals surface area contributed by atoms with Crippen LogP contribution < -0.4 is 10.6 Å². The van der Waals surface area contributed by atoms with Gasteiger partial charge >= 0.3 is 0 Å². The van der Waals surface area contributed by atoms with E-state index in [1.165, 1.54) is 0 Å². The van der Waals surface area contributed by atoms with Gasteiger partial charge < -0.3 is 10.6 Å². The van der Waals surface area contributed by atoms with E-state index in [0.717, 1.165) is 11.1 Å². The molecule has 1 saturated carbocycles. The molecule has 1 fully saturated rings. The first-order valence-electron chi connectivity index (χ1n) is 11.7. The number of carbonyl (C=O) groups excluding carboxylic acids is 3. The zero-order valence-electron chi connectivity index (χ0n) is 20.2. The number of para-hydroxylation sites is 1. The number of hydrogen-bond donors (Lipinski definition) is 2. The van der Waals surface area contributed by atoms with Crippen molar-refractivity contribution in [1.82, 2.24) is 20.4 Å². The zero-order valence-corrected chi connectivity index (χ0v) is 20.2. The van der Waals surface area contributed by atoms with E-state index < -0.39 is 17.4 Å². The van der Waals surface area contributed by atoms with E-state index in [1.807, 2.05) is 57.2 Å². The number of nitriles is 1. The Labute approximate surface area is 204 Å². The fourth-order valence-electron chi connectivity index (χ4n) is 4.37. The van der Waals surface area contributed by atoms with E-state index in [1.54, 1.807) is 16.8 Å². The number of benzene rings is 2. The fraction of sp³-hybridized carbons (Fsp3) is 0.370. The van der Waals surface area contributed by atoms with E-state index in [-0.39, 0.29) is 23.4 Å². The predicted molar refractivity (Wildman–Crippen MR) is 131 cm³/mol. The first kappa shape index (κ1) is 24.1. The maximum absolute atomic E-state index is 13.4. The van der Waals surface area contributed by atoms with Gasteiger partial charge in [-0.2, -0.15) is 10.4 Å². The summed E-state index contributed by atoms with van der Waals surface area (Å²) in [4.78, 5) is 38.1. The van der Waals surface area contributed by atoms with Crippen LogP contribution in [0.5, 0.6) is 0 Å². The molecule has 2 N–H and O–H groups in total. The van der Waals surface area contributed by atoms with Crippen molar-refractivity contribution in [3.8, 4) is 6.07 Å². The van der Waals surface area contributed by atoms with Crippen LogP contribution in [-0.2, 0) is 16.1 Å². The van der Waals surface area contributed by atoms with Crippen molar-refractivity contribution in [1.29, 1.82) is 5.26 Å². The molecule has 180 valence electrons. The highest BCUT2D eigenvalue weighted by molar-refractivity contribution is 6.06. The molecular weight excluding hydrogens is 442 g/mol. The first-order valence-corrected chi connectivity index (χ1v) is 11.7. The molecule has 3 aromatic rings. The Kier molecular flexibility index (Phi) is 6.70. The molecule has 1 heterocycles. The quantitative estimate of drug-likeness (QED) is 0.572. The van der Waals surface area contributed by atoms with Crippen molar-refractivity contribution in [2.75, 3.05) is 0 Å². The SMILES string of the molecule is CC(C)(C)[C@H](NC(=O)c1nn(Cc2ccc(C#N)cc2)c2ccccc12)C(=O)N[C@@H]1CCC(=O)C1. The molecule has 0 bridgehead atoms. The van der Waals surface area contributed by atoms with E-state index in [0.29, 0.717) is 36.8 Å². The van der Waals surface area contributed by atoms with Crippen LogP contribution in [0.3, 0.4) is 0 Å². The van der Waals surface area contributed by atoms with E-state index >= 15 is 0 Å². The summed E-state index contributed by atoms with van der Waals surface area (Å²) in [5.74, 6) is -0.588. The highest BCUT2D eigenvalue weighted by Gasteiger charge is 2.36. The monoisotopic (exact) mass is 471 g/mol. The molecule has 0 aliphatic heterocycles. The second kappa shape index (κ2) is 9.71.